The van der Waals surface area contributed by atoms with Gasteiger partial charge in [-0.3, -0.25) is 10.5 Å². The molecule has 7 nitrogen and oxygen atoms in total. The molecule has 0 saturated carbocycles. The number of aromatic amines is 1. The molecular weight excluding hydrogens is 365 g/mol. The molecule has 27 heavy (non-hydrogen) atoms. The van der Waals surface area contributed by atoms with E-state index in [4.69, 9.17) is 15.9 Å². The van der Waals surface area contributed by atoms with E-state index in [9.17, 15) is 18.0 Å². The van der Waals surface area contributed by atoms with Crippen molar-refractivity contribution in [3.63, 3.8) is 0 Å². The highest BCUT2D eigenvalue weighted by atomic mass is 19.4. The number of fused-ring (bicyclic) bond motifs is 1. The molecule has 0 amide bonds. The van der Waals surface area contributed by atoms with Crippen LogP contribution in [0.5, 0.6) is 11.5 Å². The van der Waals surface area contributed by atoms with E-state index in [0.29, 0.717) is 22.3 Å². The van der Waals surface area contributed by atoms with Gasteiger partial charge in [0.15, 0.2) is 5.75 Å². The third-order valence-electron chi connectivity index (χ3n) is 3.82. The summed E-state index contributed by atoms with van der Waals surface area (Å²) >= 11 is 0. The van der Waals surface area contributed by atoms with Gasteiger partial charge in [0.1, 0.15) is 11.6 Å². The number of nitrogen functional groups attached to an aromatic ring is 1. The van der Waals surface area contributed by atoms with Crippen molar-refractivity contribution in [2.24, 2.45) is 5.73 Å². The zero-order valence-electron chi connectivity index (χ0n) is 13.8. The lowest BCUT2D eigenvalue weighted by atomic mass is 9.96. The number of methoxy groups -OCH3 is 1. The van der Waals surface area contributed by atoms with Gasteiger partial charge >= 0.3 is 12.1 Å². The minimum atomic E-state index is -5.22. The fourth-order valence-corrected chi connectivity index (χ4v) is 2.68. The molecule has 1 aromatic heterocycles. The Labute approximate surface area is 150 Å². The zero-order chi connectivity index (χ0) is 19.8. The van der Waals surface area contributed by atoms with Crippen LogP contribution in [0.15, 0.2) is 36.7 Å². The van der Waals surface area contributed by atoms with Crippen LogP contribution in [0.1, 0.15) is 5.56 Å². The van der Waals surface area contributed by atoms with Gasteiger partial charge in [-0.25, -0.2) is 4.79 Å². The molecule has 0 bridgehead atoms. The number of halogens is 3. The Morgan fingerprint density at radius 1 is 1.26 bits per heavy atom. The fraction of sp³-hybridized carbons (Fsp3) is 0.118. The van der Waals surface area contributed by atoms with Crippen LogP contribution in [0, 0.1) is 5.41 Å². The fourth-order valence-electron chi connectivity index (χ4n) is 2.68. The summed E-state index contributed by atoms with van der Waals surface area (Å²) < 4.78 is 48.3. The molecule has 4 N–H and O–H groups in total. The molecule has 0 unspecified atom stereocenters. The Kier molecular flexibility index (Phi) is 4.48. The first-order valence-electron chi connectivity index (χ1n) is 7.50. The van der Waals surface area contributed by atoms with Crippen molar-refractivity contribution in [3.8, 4) is 22.6 Å². The number of H-pyrrole nitrogens is 1. The summed E-state index contributed by atoms with van der Waals surface area (Å²) in [7, 11) is 1.39. The van der Waals surface area contributed by atoms with Gasteiger partial charge in [0.05, 0.1) is 18.9 Å². The normalized spacial score (nSPS) is 11.4. The van der Waals surface area contributed by atoms with E-state index < -0.39 is 23.7 Å². The van der Waals surface area contributed by atoms with Crippen LogP contribution >= 0.6 is 0 Å². The molecule has 0 fully saturated rings. The molecule has 3 rings (SSSR count). The molecule has 0 radical (unpaired) electrons. The number of alkyl halides is 3. The molecule has 140 valence electrons. The van der Waals surface area contributed by atoms with E-state index in [-0.39, 0.29) is 10.9 Å². The molecule has 0 aliphatic heterocycles. The summed E-state index contributed by atoms with van der Waals surface area (Å²) in [5.41, 5.74) is 6.17. The Balaban J connectivity index is 2.40. The van der Waals surface area contributed by atoms with Crippen LogP contribution in [0.2, 0.25) is 0 Å². The van der Waals surface area contributed by atoms with E-state index in [1.54, 1.807) is 18.2 Å². The monoisotopic (exact) mass is 378 g/mol. The number of nitrogens with one attached hydrogen (secondary N) is 2. The molecule has 1 heterocycles. The first kappa shape index (κ1) is 18.2. The van der Waals surface area contributed by atoms with Crippen molar-refractivity contribution < 1.29 is 27.4 Å². The van der Waals surface area contributed by atoms with Crippen molar-refractivity contribution in [1.29, 1.82) is 5.41 Å². The molecule has 0 saturated heterocycles. The quantitative estimate of drug-likeness (QED) is 0.279. The summed E-state index contributed by atoms with van der Waals surface area (Å²) in [6.07, 6.45) is -2.27. The summed E-state index contributed by atoms with van der Waals surface area (Å²) in [4.78, 5) is 11.5. The van der Waals surface area contributed by atoms with Crippen LogP contribution in [-0.2, 0) is 4.79 Å². The largest absolute Gasteiger partial charge is 0.496 e. The number of hydrogen-bond acceptors (Lipinski definition) is 5. The number of aromatic nitrogens is 2. The average Bonchev–Trinajstić information content (AvgIpc) is 3.13. The van der Waals surface area contributed by atoms with Gasteiger partial charge in [-0.2, -0.15) is 18.3 Å². The minimum absolute atomic E-state index is 0.140. The molecule has 3 aromatic rings. The van der Waals surface area contributed by atoms with Gasteiger partial charge < -0.3 is 15.2 Å². The lowest BCUT2D eigenvalue weighted by molar-refractivity contribution is -0.189. The second kappa shape index (κ2) is 6.63. The summed E-state index contributed by atoms with van der Waals surface area (Å²) in [6.45, 7) is 0. The standard InChI is InChI=1S/C17H13F3N4O3/c1-26-11-5-3-8-2-4-10(15(21)22)14(27-16(25)17(18,19)20)13(8)12(11)9-6-23-24-7-9/h2-7H,1H3,(H3,21,22)(H,23,24). The van der Waals surface area contributed by atoms with E-state index >= 15 is 0 Å². The Bertz CT molecular complexity index is 1030. The number of nitrogens with two attached hydrogens (primary N) is 1. The van der Waals surface area contributed by atoms with Crippen LogP contribution < -0.4 is 15.2 Å². The van der Waals surface area contributed by atoms with Crippen LogP contribution in [-0.4, -0.2) is 35.3 Å². The third kappa shape index (κ3) is 3.28. The number of amidine groups is 1. The van der Waals surface area contributed by atoms with Gasteiger partial charge in [-0.05, 0) is 17.5 Å². The van der Waals surface area contributed by atoms with Crippen LogP contribution in [0.4, 0.5) is 13.2 Å². The lowest BCUT2D eigenvalue weighted by Gasteiger charge is -2.17. The van der Waals surface area contributed by atoms with Crippen molar-refractivity contribution >= 4 is 22.6 Å². The predicted octanol–water partition coefficient (Wildman–Crippen LogP) is 2.99. The molecular formula is C17H13F3N4O3. The van der Waals surface area contributed by atoms with Gasteiger partial charge in [-0.1, -0.05) is 12.1 Å². The molecule has 10 heteroatoms. The van der Waals surface area contributed by atoms with Crippen molar-refractivity contribution in [2.45, 2.75) is 6.18 Å². The second-order valence-electron chi connectivity index (χ2n) is 5.47. The second-order valence-corrected chi connectivity index (χ2v) is 5.47. The third-order valence-corrected chi connectivity index (χ3v) is 3.82. The number of rotatable bonds is 4. The number of esters is 1. The smallest absolute Gasteiger partial charge is 0.491 e. The first-order valence-corrected chi connectivity index (χ1v) is 7.50. The van der Waals surface area contributed by atoms with Crippen LogP contribution in [0.25, 0.3) is 21.9 Å². The Morgan fingerprint density at radius 2 is 1.96 bits per heavy atom. The van der Waals surface area contributed by atoms with Crippen LogP contribution in [0.3, 0.4) is 0 Å². The molecule has 0 atom stereocenters. The number of benzene rings is 2. The van der Waals surface area contributed by atoms with Gasteiger partial charge in [0.2, 0.25) is 0 Å². The Hall–Kier alpha value is -3.56. The highest BCUT2D eigenvalue weighted by Gasteiger charge is 2.42. The SMILES string of the molecule is COc1ccc2ccc(C(=N)N)c(OC(=O)C(F)(F)F)c2c1-c1cn[nH]c1. The molecule has 2 aromatic carbocycles. The van der Waals surface area contributed by atoms with E-state index in [0.717, 1.165) is 0 Å². The molecule has 0 spiro atoms. The number of carbonyl (C=O) groups is 1. The number of carbonyl (C=O) groups excluding carboxylic acids is 1. The Morgan fingerprint density at radius 3 is 2.52 bits per heavy atom. The number of ether oxygens (including phenoxy) is 2. The maximum atomic E-state index is 12.8. The first-order chi connectivity index (χ1) is 12.7. The van der Waals surface area contributed by atoms with Crippen molar-refractivity contribution in [1.82, 2.24) is 10.2 Å². The highest BCUT2D eigenvalue weighted by Crippen LogP contribution is 2.43. The maximum absolute atomic E-state index is 12.8. The van der Waals surface area contributed by atoms with E-state index in [1.165, 1.54) is 25.6 Å². The topological polar surface area (TPSA) is 114 Å². The predicted molar refractivity (Wildman–Crippen MR) is 90.8 cm³/mol. The molecule has 0 aliphatic rings. The summed E-state index contributed by atoms with van der Waals surface area (Å²) in [6, 6.07) is 6.08. The summed E-state index contributed by atoms with van der Waals surface area (Å²) in [5, 5.41) is 14.7. The average molecular weight is 378 g/mol. The highest BCUT2D eigenvalue weighted by molar-refractivity contribution is 6.11. The minimum Gasteiger partial charge on any atom is -0.496 e. The van der Waals surface area contributed by atoms with Gasteiger partial charge in [-0.15, -0.1) is 0 Å². The lowest BCUT2D eigenvalue weighted by Crippen LogP contribution is -2.29. The maximum Gasteiger partial charge on any atom is 0.491 e. The van der Waals surface area contributed by atoms with Crippen molar-refractivity contribution in [3.05, 3.63) is 42.2 Å². The number of nitrogens with zero attached hydrogens (tertiary/aromatic N) is 1. The van der Waals surface area contributed by atoms with E-state index in [1.807, 2.05) is 0 Å². The summed E-state index contributed by atoms with van der Waals surface area (Å²) in [5.74, 6) is -3.13. The van der Waals surface area contributed by atoms with E-state index in [2.05, 4.69) is 14.9 Å². The zero-order valence-corrected chi connectivity index (χ0v) is 13.8. The van der Waals surface area contributed by atoms with Gasteiger partial charge in [0.25, 0.3) is 0 Å². The number of hydrogen-bond donors (Lipinski definition) is 3. The van der Waals surface area contributed by atoms with Gasteiger partial charge in [0, 0.05) is 22.7 Å². The molecule has 0 aliphatic carbocycles. The van der Waals surface area contributed by atoms with Crippen molar-refractivity contribution in [2.75, 3.05) is 7.11 Å².